The summed E-state index contributed by atoms with van der Waals surface area (Å²) in [4.78, 5) is 7.59. The van der Waals surface area contributed by atoms with E-state index in [1.807, 2.05) is 19.9 Å². The van der Waals surface area contributed by atoms with E-state index in [4.69, 9.17) is 0 Å². The summed E-state index contributed by atoms with van der Waals surface area (Å²) in [6.45, 7) is 3.77. The van der Waals surface area contributed by atoms with Crippen LogP contribution in [-0.2, 0) is 0 Å². The molecule has 0 aliphatic rings. The van der Waals surface area contributed by atoms with E-state index in [1.54, 1.807) is 0 Å². The van der Waals surface area contributed by atoms with Crippen LogP contribution in [0.4, 0.5) is 4.39 Å². The lowest BCUT2D eigenvalue weighted by Gasteiger charge is -1.95. The SMILES string of the molecule is CC=C(C)c1ncc(F)cn1. The van der Waals surface area contributed by atoms with Crippen molar-refractivity contribution in [1.82, 2.24) is 9.97 Å². The van der Waals surface area contributed by atoms with Crippen LogP contribution in [0.1, 0.15) is 19.7 Å². The maximum Gasteiger partial charge on any atom is 0.159 e. The van der Waals surface area contributed by atoms with Crippen LogP contribution in [0.3, 0.4) is 0 Å². The van der Waals surface area contributed by atoms with Gasteiger partial charge in [-0.05, 0) is 19.4 Å². The highest BCUT2D eigenvalue weighted by atomic mass is 19.1. The van der Waals surface area contributed by atoms with Crippen molar-refractivity contribution >= 4 is 5.57 Å². The van der Waals surface area contributed by atoms with Crippen LogP contribution in [0, 0.1) is 5.82 Å². The quantitative estimate of drug-likeness (QED) is 0.615. The second kappa shape index (κ2) is 3.23. The second-order valence-corrected chi connectivity index (χ2v) is 2.20. The number of halogens is 1. The van der Waals surface area contributed by atoms with Crippen molar-refractivity contribution in [1.29, 1.82) is 0 Å². The zero-order chi connectivity index (χ0) is 8.27. The van der Waals surface area contributed by atoms with Crippen LogP contribution in [0.15, 0.2) is 18.5 Å². The first-order valence-electron chi connectivity index (χ1n) is 3.35. The largest absolute Gasteiger partial charge is 0.234 e. The molecule has 0 aliphatic carbocycles. The number of nitrogens with zero attached hydrogens (tertiary/aromatic N) is 2. The molecule has 0 atom stereocenters. The summed E-state index contributed by atoms with van der Waals surface area (Å²) in [5.74, 6) is 0.173. The first-order chi connectivity index (χ1) is 5.24. The molecule has 11 heavy (non-hydrogen) atoms. The Balaban J connectivity index is 2.99. The lowest BCUT2D eigenvalue weighted by molar-refractivity contribution is 0.612. The van der Waals surface area contributed by atoms with Crippen LogP contribution in [0.5, 0.6) is 0 Å². The summed E-state index contributed by atoms with van der Waals surface area (Å²) in [7, 11) is 0. The summed E-state index contributed by atoms with van der Waals surface area (Å²) in [5, 5.41) is 0. The Bertz CT molecular complexity index is 264. The molecule has 0 aliphatic heterocycles. The molecule has 0 saturated heterocycles. The highest BCUT2D eigenvalue weighted by Gasteiger charge is 1.96. The Labute approximate surface area is 64.8 Å². The topological polar surface area (TPSA) is 25.8 Å². The minimum Gasteiger partial charge on any atom is -0.234 e. The fourth-order valence-electron chi connectivity index (χ4n) is 0.645. The molecule has 1 heterocycles. The van der Waals surface area contributed by atoms with Crippen molar-refractivity contribution in [3.8, 4) is 0 Å². The third-order valence-electron chi connectivity index (χ3n) is 1.41. The minimum absolute atomic E-state index is 0.405. The number of rotatable bonds is 1. The molecule has 3 heteroatoms. The average Bonchev–Trinajstić information content (AvgIpc) is 2.05. The van der Waals surface area contributed by atoms with E-state index in [0.29, 0.717) is 5.82 Å². The van der Waals surface area contributed by atoms with Gasteiger partial charge in [0.25, 0.3) is 0 Å². The third-order valence-corrected chi connectivity index (χ3v) is 1.41. The average molecular weight is 152 g/mol. The van der Waals surface area contributed by atoms with Gasteiger partial charge >= 0.3 is 0 Å². The van der Waals surface area contributed by atoms with Crippen LogP contribution >= 0.6 is 0 Å². The molecule has 58 valence electrons. The van der Waals surface area contributed by atoms with E-state index in [-0.39, 0.29) is 0 Å². The molecule has 0 amide bonds. The van der Waals surface area contributed by atoms with E-state index >= 15 is 0 Å². The van der Waals surface area contributed by atoms with Crippen molar-refractivity contribution < 1.29 is 4.39 Å². The van der Waals surface area contributed by atoms with Gasteiger partial charge in [0.1, 0.15) is 0 Å². The lowest BCUT2D eigenvalue weighted by Crippen LogP contribution is -1.91. The highest BCUT2D eigenvalue weighted by Crippen LogP contribution is 2.05. The Morgan fingerprint density at radius 1 is 1.45 bits per heavy atom. The molecule has 0 saturated carbocycles. The van der Waals surface area contributed by atoms with E-state index in [1.165, 1.54) is 0 Å². The normalized spacial score (nSPS) is 11.7. The lowest BCUT2D eigenvalue weighted by atomic mass is 10.3. The highest BCUT2D eigenvalue weighted by molar-refractivity contribution is 5.56. The van der Waals surface area contributed by atoms with E-state index in [0.717, 1.165) is 18.0 Å². The predicted octanol–water partition coefficient (Wildman–Crippen LogP) is 2.04. The zero-order valence-corrected chi connectivity index (χ0v) is 6.50. The number of hydrogen-bond donors (Lipinski definition) is 0. The zero-order valence-electron chi connectivity index (χ0n) is 6.50. The molecule has 0 aromatic carbocycles. The third kappa shape index (κ3) is 1.83. The number of aromatic nitrogens is 2. The van der Waals surface area contributed by atoms with E-state index < -0.39 is 5.82 Å². The van der Waals surface area contributed by atoms with Gasteiger partial charge in [0.05, 0.1) is 12.4 Å². The molecule has 0 unspecified atom stereocenters. The molecule has 1 aromatic heterocycles. The summed E-state index contributed by atoms with van der Waals surface area (Å²) < 4.78 is 12.3. The van der Waals surface area contributed by atoms with Gasteiger partial charge in [0.2, 0.25) is 0 Å². The van der Waals surface area contributed by atoms with Crippen molar-refractivity contribution in [2.45, 2.75) is 13.8 Å². The smallest absolute Gasteiger partial charge is 0.159 e. The Kier molecular flexibility index (Phi) is 2.31. The van der Waals surface area contributed by atoms with Crippen LogP contribution in [-0.4, -0.2) is 9.97 Å². The maximum absolute atomic E-state index is 12.3. The molecular formula is C8H9FN2. The van der Waals surface area contributed by atoms with Gasteiger partial charge in [-0.25, -0.2) is 14.4 Å². The predicted molar refractivity (Wildman–Crippen MR) is 41.3 cm³/mol. The van der Waals surface area contributed by atoms with Crippen LogP contribution in [0.25, 0.3) is 5.57 Å². The van der Waals surface area contributed by atoms with E-state index in [9.17, 15) is 4.39 Å². The van der Waals surface area contributed by atoms with E-state index in [2.05, 4.69) is 9.97 Å². The van der Waals surface area contributed by atoms with Gasteiger partial charge in [0.15, 0.2) is 11.6 Å². The fourth-order valence-corrected chi connectivity index (χ4v) is 0.645. The number of hydrogen-bond acceptors (Lipinski definition) is 2. The second-order valence-electron chi connectivity index (χ2n) is 2.20. The molecule has 0 radical (unpaired) electrons. The molecular weight excluding hydrogens is 143 g/mol. The molecule has 1 rings (SSSR count). The molecule has 0 bridgehead atoms. The number of allylic oxidation sites excluding steroid dienone is 2. The molecule has 0 spiro atoms. The minimum atomic E-state index is -0.405. The van der Waals surface area contributed by atoms with Gasteiger partial charge in [-0.15, -0.1) is 0 Å². The standard InChI is InChI=1S/C8H9FN2/c1-3-6(2)8-10-4-7(9)5-11-8/h3-5H,1-2H3. The van der Waals surface area contributed by atoms with Gasteiger partial charge in [0, 0.05) is 0 Å². The van der Waals surface area contributed by atoms with Gasteiger partial charge in [-0.3, -0.25) is 0 Å². The Morgan fingerprint density at radius 2 is 2.00 bits per heavy atom. The maximum atomic E-state index is 12.3. The first kappa shape index (κ1) is 7.85. The molecule has 0 fully saturated rings. The monoisotopic (exact) mass is 152 g/mol. The van der Waals surface area contributed by atoms with Crippen LogP contribution < -0.4 is 0 Å². The van der Waals surface area contributed by atoms with Gasteiger partial charge in [-0.1, -0.05) is 6.08 Å². The summed E-state index contributed by atoms with van der Waals surface area (Å²) >= 11 is 0. The summed E-state index contributed by atoms with van der Waals surface area (Å²) in [6.07, 6.45) is 4.21. The molecule has 1 aromatic rings. The van der Waals surface area contributed by atoms with Crippen molar-refractivity contribution in [2.75, 3.05) is 0 Å². The fraction of sp³-hybridized carbons (Fsp3) is 0.250. The first-order valence-corrected chi connectivity index (χ1v) is 3.35. The Morgan fingerprint density at radius 3 is 2.45 bits per heavy atom. The van der Waals surface area contributed by atoms with Crippen molar-refractivity contribution in [3.05, 3.63) is 30.1 Å². The van der Waals surface area contributed by atoms with Crippen molar-refractivity contribution in [3.63, 3.8) is 0 Å². The molecule has 2 nitrogen and oxygen atoms in total. The Hall–Kier alpha value is -1.25. The summed E-state index contributed by atoms with van der Waals surface area (Å²) in [5.41, 5.74) is 0.949. The molecule has 0 N–H and O–H groups in total. The van der Waals surface area contributed by atoms with Crippen LogP contribution in [0.2, 0.25) is 0 Å². The van der Waals surface area contributed by atoms with Crippen molar-refractivity contribution in [2.24, 2.45) is 0 Å². The summed E-state index contributed by atoms with van der Waals surface area (Å²) in [6, 6.07) is 0. The van der Waals surface area contributed by atoms with Gasteiger partial charge in [-0.2, -0.15) is 0 Å². The van der Waals surface area contributed by atoms with Gasteiger partial charge < -0.3 is 0 Å².